The number of pyridine rings is 3. The van der Waals surface area contributed by atoms with Crippen molar-refractivity contribution in [3.63, 3.8) is 0 Å². The second kappa shape index (κ2) is 10.8. The molecule has 10 aromatic rings. The van der Waals surface area contributed by atoms with Gasteiger partial charge in [0.1, 0.15) is 12.0 Å². The Hall–Kier alpha value is -6.44. The molecule has 10 rings (SSSR count). The first-order valence-corrected chi connectivity index (χ1v) is 18.4. The average molecular weight is 645 g/mol. The van der Waals surface area contributed by atoms with Gasteiger partial charge in [-0.2, -0.15) is 0 Å². The summed E-state index contributed by atoms with van der Waals surface area (Å²) in [5.41, 5.74) is 5.03. The summed E-state index contributed by atoms with van der Waals surface area (Å²) >= 11 is 0. The maximum Gasteiger partial charge on any atom is 0.201 e. The van der Waals surface area contributed by atoms with Crippen LogP contribution < -0.4 is 20.9 Å². The van der Waals surface area contributed by atoms with Gasteiger partial charge < -0.3 is 0 Å². The zero-order valence-corrected chi connectivity index (χ0v) is 27.3. The number of benzene rings is 5. The monoisotopic (exact) mass is 644 g/mol. The Morgan fingerprint density at radius 3 is 1.90 bits per heavy atom. The van der Waals surface area contributed by atoms with Gasteiger partial charge in [-0.25, -0.2) is 4.98 Å². The minimum atomic E-state index is -3.03. The Labute approximate surface area is 282 Å². The average Bonchev–Trinajstić information content (AvgIpc) is 3.81. The van der Waals surface area contributed by atoms with E-state index in [1.54, 1.807) is 6.33 Å². The summed E-state index contributed by atoms with van der Waals surface area (Å²) in [6.07, 6.45) is 5.73. The molecule has 0 spiro atoms. The standard InChI is InChI=1S/C42H28N6Si/c1-3-14-30(15-4-1)49(31-16-5-2-6-17-31,40-26-36-37(27-44-40)34-20-7-9-22-38(34)47-28-45-46-42(36)47)32-18-11-13-29(25-32)48-39-23-10-8-19-33(39)35-21-12-24-43-41(35)48/h1-28H. The van der Waals surface area contributed by atoms with E-state index < -0.39 is 8.07 Å². The first kappa shape index (κ1) is 27.6. The molecule has 0 bridgehead atoms. The molecule has 0 aliphatic heterocycles. The molecule has 5 heterocycles. The van der Waals surface area contributed by atoms with Crippen molar-refractivity contribution in [1.29, 1.82) is 0 Å². The quantitative estimate of drug-likeness (QED) is 0.125. The molecule has 5 aromatic heterocycles. The Bertz CT molecular complexity index is 2750. The van der Waals surface area contributed by atoms with Gasteiger partial charge in [-0.1, -0.05) is 109 Å². The fourth-order valence-electron chi connectivity index (χ4n) is 7.82. The normalized spacial score (nSPS) is 12.1. The zero-order chi connectivity index (χ0) is 32.4. The number of rotatable bonds is 5. The van der Waals surface area contributed by atoms with Gasteiger partial charge in [0.05, 0.1) is 11.0 Å². The highest BCUT2D eigenvalue weighted by Crippen LogP contribution is 2.31. The van der Waals surface area contributed by atoms with Gasteiger partial charge >= 0.3 is 0 Å². The van der Waals surface area contributed by atoms with Crippen molar-refractivity contribution >= 4 is 78.2 Å². The highest BCUT2D eigenvalue weighted by molar-refractivity contribution is 7.19. The lowest BCUT2D eigenvalue weighted by Crippen LogP contribution is -2.75. The van der Waals surface area contributed by atoms with Crippen LogP contribution in [0.1, 0.15) is 0 Å². The van der Waals surface area contributed by atoms with E-state index in [0.717, 1.165) is 54.9 Å². The molecular weight excluding hydrogens is 617 g/mol. The minimum absolute atomic E-state index is 0.825. The number of hydrogen-bond acceptors (Lipinski definition) is 4. The molecular formula is C42H28N6Si. The smallest absolute Gasteiger partial charge is 0.201 e. The summed E-state index contributed by atoms with van der Waals surface area (Å²) in [6, 6.07) is 54.3. The largest absolute Gasteiger partial charge is 0.294 e. The van der Waals surface area contributed by atoms with Crippen LogP contribution in [0.3, 0.4) is 0 Å². The van der Waals surface area contributed by atoms with Crippen LogP contribution in [-0.4, -0.2) is 37.2 Å². The number of para-hydroxylation sites is 2. The van der Waals surface area contributed by atoms with Crippen LogP contribution in [0.15, 0.2) is 170 Å². The van der Waals surface area contributed by atoms with Gasteiger partial charge in [-0.05, 0) is 58.0 Å². The number of aromatic nitrogens is 6. The highest BCUT2D eigenvalue weighted by atomic mass is 28.3. The van der Waals surface area contributed by atoms with Crippen molar-refractivity contribution in [2.24, 2.45) is 0 Å². The summed E-state index contributed by atoms with van der Waals surface area (Å²) in [6.45, 7) is 0. The van der Waals surface area contributed by atoms with Crippen LogP contribution >= 0.6 is 0 Å². The first-order valence-electron chi connectivity index (χ1n) is 16.4. The predicted octanol–water partition coefficient (Wildman–Crippen LogP) is 6.30. The Morgan fingerprint density at radius 1 is 0.469 bits per heavy atom. The summed E-state index contributed by atoms with van der Waals surface area (Å²) in [7, 11) is -3.03. The highest BCUT2D eigenvalue weighted by Gasteiger charge is 2.43. The summed E-state index contributed by atoms with van der Waals surface area (Å²) in [4.78, 5) is 10.3. The number of fused-ring (bicyclic) bond motifs is 9. The topological polar surface area (TPSA) is 60.9 Å². The summed E-state index contributed by atoms with van der Waals surface area (Å²) < 4.78 is 4.38. The van der Waals surface area contributed by atoms with Crippen LogP contribution in [0.25, 0.3) is 54.9 Å². The second-order valence-electron chi connectivity index (χ2n) is 12.4. The predicted molar refractivity (Wildman–Crippen MR) is 202 cm³/mol. The van der Waals surface area contributed by atoms with Crippen molar-refractivity contribution in [2.45, 2.75) is 0 Å². The van der Waals surface area contributed by atoms with Gasteiger partial charge in [0.2, 0.25) is 8.07 Å². The second-order valence-corrected chi connectivity index (χ2v) is 16.2. The lowest BCUT2D eigenvalue weighted by molar-refractivity contribution is 1.11. The van der Waals surface area contributed by atoms with E-state index >= 15 is 0 Å². The molecule has 0 atom stereocenters. The maximum absolute atomic E-state index is 5.43. The molecule has 0 fully saturated rings. The van der Waals surface area contributed by atoms with Crippen LogP contribution in [0.4, 0.5) is 0 Å². The fourth-order valence-corrected chi connectivity index (χ4v) is 12.4. The summed E-state index contributed by atoms with van der Waals surface area (Å²) in [5, 5.41) is 19.3. The number of nitrogens with zero attached hydrogens (tertiary/aromatic N) is 6. The maximum atomic E-state index is 5.43. The molecule has 230 valence electrons. The molecule has 0 radical (unpaired) electrons. The summed E-state index contributed by atoms with van der Waals surface area (Å²) in [5.74, 6) is 0. The van der Waals surface area contributed by atoms with Crippen LogP contribution in [0, 0.1) is 0 Å². The molecule has 5 aromatic carbocycles. The molecule has 0 saturated heterocycles. The third-order valence-electron chi connectivity index (χ3n) is 9.92. The molecule has 7 heteroatoms. The van der Waals surface area contributed by atoms with Crippen molar-refractivity contribution in [3.05, 3.63) is 170 Å². The molecule has 49 heavy (non-hydrogen) atoms. The minimum Gasteiger partial charge on any atom is -0.294 e. The van der Waals surface area contributed by atoms with Crippen molar-refractivity contribution in [2.75, 3.05) is 0 Å². The van der Waals surface area contributed by atoms with E-state index in [0.29, 0.717) is 0 Å². The number of hydrogen-bond donors (Lipinski definition) is 0. The molecule has 0 aliphatic rings. The molecule has 0 N–H and O–H groups in total. The van der Waals surface area contributed by atoms with Crippen LogP contribution in [0.5, 0.6) is 0 Å². The Kier molecular flexibility index (Phi) is 6.09. The van der Waals surface area contributed by atoms with E-state index in [1.807, 2.05) is 12.3 Å². The lowest BCUT2D eigenvalue weighted by atomic mass is 10.1. The van der Waals surface area contributed by atoms with Crippen LogP contribution in [-0.2, 0) is 0 Å². The van der Waals surface area contributed by atoms with Gasteiger partial charge in [-0.15, -0.1) is 10.2 Å². The van der Waals surface area contributed by atoms with E-state index in [4.69, 9.17) is 9.97 Å². The van der Waals surface area contributed by atoms with Gasteiger partial charge in [0.25, 0.3) is 0 Å². The van der Waals surface area contributed by atoms with E-state index in [9.17, 15) is 0 Å². The van der Waals surface area contributed by atoms with E-state index in [2.05, 4.69) is 171 Å². The molecule has 0 amide bonds. The van der Waals surface area contributed by atoms with E-state index in [1.165, 1.54) is 20.9 Å². The molecule has 0 aliphatic carbocycles. The van der Waals surface area contributed by atoms with E-state index in [-0.39, 0.29) is 0 Å². The zero-order valence-electron chi connectivity index (χ0n) is 26.3. The first-order chi connectivity index (χ1) is 24.3. The fraction of sp³-hybridized carbons (Fsp3) is 0. The van der Waals surface area contributed by atoms with Crippen molar-refractivity contribution in [3.8, 4) is 5.69 Å². The van der Waals surface area contributed by atoms with Crippen molar-refractivity contribution < 1.29 is 0 Å². The molecule has 0 unspecified atom stereocenters. The van der Waals surface area contributed by atoms with Gasteiger partial charge in [0.15, 0.2) is 5.65 Å². The van der Waals surface area contributed by atoms with Crippen molar-refractivity contribution in [1.82, 2.24) is 29.1 Å². The SMILES string of the molecule is c1ccc([Si](c2ccccc2)(c2cccc(-n3c4ccccc4c4cccnc43)c2)c2cc3c(cn2)c2ccccc2n2cnnc32)cc1. The van der Waals surface area contributed by atoms with Gasteiger partial charge in [-0.3, -0.25) is 14.0 Å². The Balaban J connectivity index is 1.32. The molecule has 6 nitrogen and oxygen atoms in total. The van der Waals surface area contributed by atoms with Crippen LogP contribution in [0.2, 0.25) is 0 Å². The lowest BCUT2D eigenvalue weighted by Gasteiger charge is -2.33. The Morgan fingerprint density at radius 2 is 1.12 bits per heavy atom. The molecule has 0 saturated carbocycles. The third kappa shape index (κ3) is 4.00. The van der Waals surface area contributed by atoms with Gasteiger partial charge in [0, 0.05) is 50.3 Å². The third-order valence-corrected chi connectivity index (χ3v) is 14.5.